The van der Waals surface area contributed by atoms with E-state index in [1.807, 2.05) is 24.4 Å². The van der Waals surface area contributed by atoms with Crippen molar-refractivity contribution in [3.8, 4) is 0 Å². The molecule has 0 saturated carbocycles. The summed E-state index contributed by atoms with van der Waals surface area (Å²) in [6.45, 7) is 4.99. The fraction of sp³-hybridized carbons (Fsp3) is 0.500. The summed E-state index contributed by atoms with van der Waals surface area (Å²) in [4.78, 5) is 16.9. The van der Waals surface area contributed by atoms with Crippen molar-refractivity contribution in [3.63, 3.8) is 0 Å². The van der Waals surface area contributed by atoms with Crippen molar-refractivity contribution >= 4 is 11.6 Å². The highest BCUT2D eigenvalue weighted by Crippen LogP contribution is 2.26. The van der Waals surface area contributed by atoms with Gasteiger partial charge in [-0.3, -0.25) is 4.79 Å². The highest BCUT2D eigenvalue weighted by Gasteiger charge is 2.27. The highest BCUT2D eigenvalue weighted by atomic mass is 16.1. The smallest absolute Gasteiger partial charge is 0.223 e. The van der Waals surface area contributed by atoms with E-state index in [9.17, 15) is 4.79 Å². The lowest BCUT2D eigenvalue weighted by Crippen LogP contribution is -2.36. The van der Waals surface area contributed by atoms with E-state index in [-0.39, 0.29) is 11.8 Å². The summed E-state index contributed by atoms with van der Waals surface area (Å²) in [5, 5.41) is 3.05. The number of pyridine rings is 1. The lowest BCUT2D eigenvalue weighted by atomic mass is 9.89. The molecule has 4 heteroatoms. The summed E-state index contributed by atoms with van der Waals surface area (Å²) in [5.74, 6) is 0.769. The minimum atomic E-state index is 0.0846. The average Bonchev–Trinajstić information content (AvgIpc) is 2.82. The van der Waals surface area contributed by atoms with E-state index >= 15 is 0 Å². The molecule has 3 rings (SSSR count). The highest BCUT2D eigenvalue weighted by molar-refractivity contribution is 5.79. The molecule has 0 spiro atoms. The molecule has 20 heavy (non-hydrogen) atoms. The Morgan fingerprint density at radius 1 is 1.50 bits per heavy atom. The number of carbonyl (C=O) groups excluding carboxylic acids is 1. The Morgan fingerprint density at radius 3 is 3.15 bits per heavy atom. The second-order valence-electron chi connectivity index (χ2n) is 6.01. The monoisotopic (exact) mass is 271 g/mol. The van der Waals surface area contributed by atoms with Crippen molar-refractivity contribution < 1.29 is 4.79 Å². The fourth-order valence-corrected chi connectivity index (χ4v) is 2.83. The Kier molecular flexibility index (Phi) is 3.47. The van der Waals surface area contributed by atoms with Crippen molar-refractivity contribution in [3.05, 3.63) is 35.8 Å². The summed E-state index contributed by atoms with van der Waals surface area (Å²) in [5.41, 5.74) is 3.35. The number of amides is 1. The van der Waals surface area contributed by atoms with Crippen LogP contribution in [0.1, 0.15) is 31.7 Å². The molecule has 0 bridgehead atoms. The van der Waals surface area contributed by atoms with Crippen LogP contribution in [0.25, 0.3) is 5.65 Å². The number of aryl methyl sites for hydroxylation is 1. The summed E-state index contributed by atoms with van der Waals surface area (Å²) in [6.07, 6.45) is 4.64. The van der Waals surface area contributed by atoms with Crippen molar-refractivity contribution in [2.75, 3.05) is 6.54 Å². The zero-order chi connectivity index (χ0) is 14.1. The van der Waals surface area contributed by atoms with Crippen LogP contribution in [0.2, 0.25) is 0 Å². The molecule has 106 valence electrons. The summed E-state index contributed by atoms with van der Waals surface area (Å²) >= 11 is 0. The maximum atomic E-state index is 12.2. The maximum Gasteiger partial charge on any atom is 0.223 e. The predicted molar refractivity (Wildman–Crippen MR) is 78.6 cm³/mol. The number of nitrogens with one attached hydrogen (secondary N) is 1. The Bertz CT molecular complexity index is 630. The van der Waals surface area contributed by atoms with Crippen LogP contribution in [0.15, 0.2) is 24.4 Å². The van der Waals surface area contributed by atoms with Gasteiger partial charge in [0.05, 0.1) is 5.69 Å². The van der Waals surface area contributed by atoms with Gasteiger partial charge in [0.25, 0.3) is 0 Å². The van der Waals surface area contributed by atoms with Gasteiger partial charge in [0.1, 0.15) is 5.65 Å². The van der Waals surface area contributed by atoms with Crippen molar-refractivity contribution in [1.29, 1.82) is 0 Å². The number of carbonyl (C=O) groups is 1. The average molecular weight is 271 g/mol. The lowest BCUT2D eigenvalue weighted by molar-refractivity contribution is -0.125. The van der Waals surface area contributed by atoms with Gasteiger partial charge < -0.3 is 9.72 Å². The largest absolute Gasteiger partial charge is 0.356 e. The minimum Gasteiger partial charge on any atom is -0.356 e. The summed E-state index contributed by atoms with van der Waals surface area (Å²) in [6, 6.07) is 6.03. The first-order valence-electron chi connectivity index (χ1n) is 7.37. The number of rotatable bonds is 3. The molecule has 1 atom stereocenters. The molecule has 0 aliphatic heterocycles. The normalized spacial score (nSPS) is 18.2. The molecule has 1 aliphatic carbocycles. The quantitative estimate of drug-likeness (QED) is 0.930. The maximum absolute atomic E-state index is 12.2. The van der Waals surface area contributed by atoms with Crippen LogP contribution >= 0.6 is 0 Å². The van der Waals surface area contributed by atoms with Gasteiger partial charge in [-0.05, 0) is 30.9 Å². The predicted octanol–water partition coefficient (Wildman–Crippen LogP) is 2.21. The molecule has 2 heterocycles. The van der Waals surface area contributed by atoms with Gasteiger partial charge in [0.2, 0.25) is 5.91 Å². The van der Waals surface area contributed by atoms with Crippen molar-refractivity contribution in [2.45, 2.75) is 33.1 Å². The van der Waals surface area contributed by atoms with Crippen LogP contribution in [0.3, 0.4) is 0 Å². The van der Waals surface area contributed by atoms with E-state index in [0.29, 0.717) is 5.92 Å². The molecular weight excluding hydrogens is 250 g/mol. The first kappa shape index (κ1) is 13.2. The van der Waals surface area contributed by atoms with E-state index in [1.54, 1.807) is 0 Å². The van der Waals surface area contributed by atoms with E-state index in [4.69, 9.17) is 0 Å². The molecule has 0 aromatic carbocycles. The topological polar surface area (TPSA) is 46.4 Å². The number of imidazole rings is 1. The molecule has 1 N–H and O–H groups in total. The van der Waals surface area contributed by atoms with Gasteiger partial charge in [-0.1, -0.05) is 19.9 Å². The van der Waals surface area contributed by atoms with Gasteiger partial charge in [-0.2, -0.15) is 0 Å². The van der Waals surface area contributed by atoms with Gasteiger partial charge in [0, 0.05) is 30.8 Å². The zero-order valence-corrected chi connectivity index (χ0v) is 12.1. The molecule has 4 nitrogen and oxygen atoms in total. The number of hydrogen-bond donors (Lipinski definition) is 1. The van der Waals surface area contributed by atoms with E-state index in [1.165, 1.54) is 5.69 Å². The molecule has 1 aliphatic rings. The second kappa shape index (κ2) is 5.27. The van der Waals surface area contributed by atoms with E-state index < -0.39 is 0 Å². The van der Waals surface area contributed by atoms with Crippen LogP contribution < -0.4 is 5.32 Å². The molecule has 0 radical (unpaired) electrons. The van der Waals surface area contributed by atoms with Gasteiger partial charge in [-0.15, -0.1) is 0 Å². The first-order valence-corrected chi connectivity index (χ1v) is 7.37. The molecular formula is C16H21N3O. The second-order valence-corrected chi connectivity index (χ2v) is 6.01. The molecule has 1 amide bonds. The van der Waals surface area contributed by atoms with Crippen LogP contribution in [0.4, 0.5) is 0 Å². The third-order valence-corrected chi connectivity index (χ3v) is 3.94. The van der Waals surface area contributed by atoms with Crippen LogP contribution in [-0.4, -0.2) is 21.8 Å². The number of fused-ring (bicyclic) bond motifs is 3. The van der Waals surface area contributed by atoms with Crippen molar-refractivity contribution in [2.24, 2.45) is 11.8 Å². The molecule has 2 aromatic heterocycles. The Hall–Kier alpha value is -1.84. The van der Waals surface area contributed by atoms with E-state index in [0.717, 1.165) is 37.1 Å². The molecule has 2 aromatic rings. The Balaban J connectivity index is 1.79. The third kappa shape index (κ3) is 2.42. The molecule has 0 fully saturated rings. The standard InChI is InChI=1S/C16H21N3O/c1-11(2)10-17-16(20)12-6-7-13-14(9-12)19-8-4-3-5-15(19)18-13/h3-5,8,11-12H,6-7,9-10H2,1-2H3,(H,17,20). The third-order valence-electron chi connectivity index (χ3n) is 3.94. The van der Waals surface area contributed by atoms with Crippen LogP contribution in [-0.2, 0) is 17.6 Å². The number of aromatic nitrogens is 2. The van der Waals surface area contributed by atoms with Gasteiger partial charge in [-0.25, -0.2) is 4.98 Å². The van der Waals surface area contributed by atoms with E-state index in [2.05, 4.69) is 28.5 Å². The fourth-order valence-electron chi connectivity index (χ4n) is 2.83. The summed E-state index contributed by atoms with van der Waals surface area (Å²) in [7, 11) is 0. The van der Waals surface area contributed by atoms with Crippen molar-refractivity contribution in [1.82, 2.24) is 14.7 Å². The zero-order valence-electron chi connectivity index (χ0n) is 12.1. The molecule has 0 saturated heterocycles. The number of hydrogen-bond acceptors (Lipinski definition) is 2. The Morgan fingerprint density at radius 2 is 2.35 bits per heavy atom. The number of nitrogens with zero attached hydrogens (tertiary/aromatic N) is 2. The minimum absolute atomic E-state index is 0.0846. The Labute approximate surface area is 119 Å². The molecule has 1 unspecified atom stereocenters. The van der Waals surface area contributed by atoms with Crippen LogP contribution in [0, 0.1) is 11.8 Å². The lowest BCUT2D eigenvalue weighted by Gasteiger charge is -2.21. The first-order chi connectivity index (χ1) is 9.65. The van der Waals surface area contributed by atoms with Gasteiger partial charge >= 0.3 is 0 Å². The van der Waals surface area contributed by atoms with Gasteiger partial charge in [0.15, 0.2) is 0 Å². The SMILES string of the molecule is CC(C)CNC(=O)C1CCc2nc3ccccn3c2C1. The summed E-state index contributed by atoms with van der Waals surface area (Å²) < 4.78 is 2.12. The van der Waals surface area contributed by atoms with Crippen LogP contribution in [0.5, 0.6) is 0 Å².